The molecule has 2 atom stereocenters. The van der Waals surface area contributed by atoms with Crippen molar-refractivity contribution in [1.29, 1.82) is 0 Å². The number of rotatable bonds is 10. The van der Waals surface area contributed by atoms with Crippen LogP contribution in [-0.2, 0) is 14.4 Å². The SMILES string of the molecule is CC(=O)C/C=C(\C)C(O)CC(=O)C(C)CC/C=C/C=O. The second kappa shape index (κ2) is 10.3. The molecule has 0 aliphatic rings. The summed E-state index contributed by atoms with van der Waals surface area (Å²) in [4.78, 5) is 32.9. The predicted octanol–water partition coefficient (Wildman–Crippen LogP) is 2.40. The lowest BCUT2D eigenvalue weighted by Crippen LogP contribution is -2.20. The lowest BCUT2D eigenvalue weighted by Gasteiger charge is -2.14. The molecule has 0 amide bonds. The molecule has 0 bridgehead atoms. The molecule has 4 nitrogen and oxygen atoms in total. The largest absolute Gasteiger partial charge is 0.388 e. The quantitative estimate of drug-likeness (QED) is 0.379. The maximum absolute atomic E-state index is 11.9. The summed E-state index contributed by atoms with van der Waals surface area (Å²) in [5, 5.41) is 9.90. The van der Waals surface area contributed by atoms with E-state index in [9.17, 15) is 19.5 Å². The molecule has 0 aromatic heterocycles. The summed E-state index contributed by atoms with van der Waals surface area (Å²) in [5.74, 6) is -0.132. The molecule has 0 aliphatic carbocycles. The van der Waals surface area contributed by atoms with Crippen molar-refractivity contribution in [3.05, 3.63) is 23.8 Å². The molecule has 0 heterocycles. The zero-order valence-electron chi connectivity index (χ0n) is 12.5. The van der Waals surface area contributed by atoms with Crippen molar-refractivity contribution in [2.45, 2.75) is 52.6 Å². The van der Waals surface area contributed by atoms with Gasteiger partial charge in [0.15, 0.2) is 0 Å². The molecule has 0 radical (unpaired) electrons. The van der Waals surface area contributed by atoms with E-state index in [0.29, 0.717) is 24.7 Å². The van der Waals surface area contributed by atoms with Gasteiger partial charge in [-0.15, -0.1) is 0 Å². The molecular formula is C16H24O4. The van der Waals surface area contributed by atoms with Crippen LogP contribution in [0.4, 0.5) is 0 Å². The molecule has 2 unspecified atom stereocenters. The van der Waals surface area contributed by atoms with Crippen molar-refractivity contribution in [3.63, 3.8) is 0 Å². The Kier molecular flexibility index (Phi) is 9.47. The first kappa shape index (κ1) is 18.4. The highest BCUT2D eigenvalue weighted by Crippen LogP contribution is 2.14. The number of aldehydes is 1. The maximum atomic E-state index is 11.9. The van der Waals surface area contributed by atoms with Crippen LogP contribution in [0, 0.1) is 5.92 Å². The summed E-state index contributed by atoms with van der Waals surface area (Å²) < 4.78 is 0. The van der Waals surface area contributed by atoms with Crippen LogP contribution < -0.4 is 0 Å². The van der Waals surface area contributed by atoms with Gasteiger partial charge in [0.1, 0.15) is 17.9 Å². The van der Waals surface area contributed by atoms with Crippen LogP contribution in [0.3, 0.4) is 0 Å². The summed E-state index contributed by atoms with van der Waals surface area (Å²) in [5.41, 5.74) is 0.654. The molecule has 4 heteroatoms. The van der Waals surface area contributed by atoms with Crippen LogP contribution in [0.2, 0.25) is 0 Å². The van der Waals surface area contributed by atoms with E-state index in [-0.39, 0.29) is 30.3 Å². The molecule has 0 fully saturated rings. The minimum absolute atomic E-state index is 0.00687. The molecule has 0 aliphatic heterocycles. The van der Waals surface area contributed by atoms with Crippen molar-refractivity contribution >= 4 is 17.9 Å². The number of aliphatic hydroxyl groups is 1. The Morgan fingerprint density at radius 2 is 1.90 bits per heavy atom. The number of ketones is 2. The van der Waals surface area contributed by atoms with Gasteiger partial charge in [-0.05, 0) is 38.3 Å². The van der Waals surface area contributed by atoms with Gasteiger partial charge in [0.05, 0.1) is 6.10 Å². The van der Waals surface area contributed by atoms with Crippen LogP contribution in [0.5, 0.6) is 0 Å². The summed E-state index contributed by atoms with van der Waals surface area (Å²) in [6.45, 7) is 5.02. The standard InChI is InChI=1S/C16H24O4/c1-12(7-5-4-6-10-17)15(19)11-16(20)13(2)8-9-14(3)18/h4,6,8,10,12,16,20H,5,7,9,11H2,1-3H3/b6-4+,13-8+. The Labute approximate surface area is 120 Å². The van der Waals surface area contributed by atoms with E-state index in [1.807, 2.05) is 6.92 Å². The minimum atomic E-state index is -0.824. The second-order valence-electron chi connectivity index (χ2n) is 5.08. The molecule has 0 aromatic carbocycles. The van der Waals surface area contributed by atoms with Gasteiger partial charge in [-0.3, -0.25) is 14.4 Å². The zero-order valence-corrected chi connectivity index (χ0v) is 12.5. The van der Waals surface area contributed by atoms with Crippen molar-refractivity contribution in [1.82, 2.24) is 0 Å². The molecule has 0 aromatic rings. The second-order valence-corrected chi connectivity index (χ2v) is 5.08. The summed E-state index contributed by atoms with van der Waals surface area (Å²) in [6, 6.07) is 0. The summed E-state index contributed by atoms with van der Waals surface area (Å²) in [7, 11) is 0. The van der Waals surface area contributed by atoms with E-state index in [2.05, 4.69) is 0 Å². The first-order valence-corrected chi connectivity index (χ1v) is 6.85. The zero-order chi connectivity index (χ0) is 15.5. The Balaban J connectivity index is 4.23. The summed E-state index contributed by atoms with van der Waals surface area (Å²) >= 11 is 0. The topological polar surface area (TPSA) is 71.4 Å². The minimum Gasteiger partial charge on any atom is -0.388 e. The van der Waals surface area contributed by atoms with Crippen molar-refractivity contribution in [2.24, 2.45) is 5.92 Å². The average Bonchev–Trinajstić information content (AvgIpc) is 2.40. The van der Waals surface area contributed by atoms with Gasteiger partial charge in [0.2, 0.25) is 0 Å². The van der Waals surface area contributed by atoms with E-state index >= 15 is 0 Å². The molecular weight excluding hydrogens is 256 g/mol. The van der Waals surface area contributed by atoms with E-state index in [1.54, 1.807) is 19.1 Å². The Hall–Kier alpha value is -1.55. The molecule has 0 rings (SSSR count). The molecule has 0 saturated carbocycles. The fourth-order valence-electron chi connectivity index (χ4n) is 1.65. The maximum Gasteiger partial charge on any atom is 0.142 e. The third-order valence-corrected chi connectivity index (χ3v) is 3.16. The number of carbonyl (C=O) groups excluding carboxylic acids is 3. The number of allylic oxidation sites excluding steroid dienone is 3. The van der Waals surface area contributed by atoms with Crippen LogP contribution >= 0.6 is 0 Å². The van der Waals surface area contributed by atoms with Gasteiger partial charge < -0.3 is 5.11 Å². The van der Waals surface area contributed by atoms with Crippen molar-refractivity contribution < 1.29 is 19.5 Å². The molecule has 20 heavy (non-hydrogen) atoms. The number of Topliss-reactive ketones (excluding diaryl/α,β-unsaturated/α-hetero) is 2. The van der Waals surface area contributed by atoms with E-state index in [4.69, 9.17) is 0 Å². The number of aliphatic hydroxyl groups excluding tert-OH is 1. The van der Waals surface area contributed by atoms with E-state index < -0.39 is 6.10 Å². The highest BCUT2D eigenvalue weighted by atomic mass is 16.3. The van der Waals surface area contributed by atoms with E-state index in [1.165, 1.54) is 13.0 Å². The molecule has 1 N–H and O–H groups in total. The van der Waals surface area contributed by atoms with Gasteiger partial charge in [0.25, 0.3) is 0 Å². The number of hydrogen-bond donors (Lipinski definition) is 1. The third-order valence-electron chi connectivity index (χ3n) is 3.16. The third kappa shape index (κ3) is 8.53. The van der Waals surface area contributed by atoms with Crippen LogP contribution in [0.1, 0.15) is 46.5 Å². The van der Waals surface area contributed by atoms with Gasteiger partial charge in [-0.2, -0.15) is 0 Å². The Morgan fingerprint density at radius 1 is 1.25 bits per heavy atom. The fourth-order valence-corrected chi connectivity index (χ4v) is 1.65. The highest BCUT2D eigenvalue weighted by molar-refractivity contribution is 5.81. The van der Waals surface area contributed by atoms with Crippen LogP contribution in [-0.4, -0.2) is 29.1 Å². The predicted molar refractivity (Wildman–Crippen MR) is 78.3 cm³/mol. The molecule has 0 saturated heterocycles. The summed E-state index contributed by atoms with van der Waals surface area (Å²) in [6.07, 6.45) is 6.37. The normalized spacial score (nSPS) is 15.1. The van der Waals surface area contributed by atoms with Gasteiger partial charge in [0, 0.05) is 18.8 Å². The lowest BCUT2D eigenvalue weighted by atomic mass is 9.94. The van der Waals surface area contributed by atoms with Crippen molar-refractivity contribution in [3.8, 4) is 0 Å². The van der Waals surface area contributed by atoms with E-state index in [0.717, 1.165) is 0 Å². The van der Waals surface area contributed by atoms with Gasteiger partial charge >= 0.3 is 0 Å². The number of carbonyl (C=O) groups is 3. The average molecular weight is 280 g/mol. The highest BCUT2D eigenvalue weighted by Gasteiger charge is 2.17. The first-order valence-electron chi connectivity index (χ1n) is 6.85. The molecule has 0 spiro atoms. The van der Waals surface area contributed by atoms with Crippen molar-refractivity contribution in [2.75, 3.05) is 0 Å². The van der Waals surface area contributed by atoms with Gasteiger partial charge in [-0.25, -0.2) is 0 Å². The Morgan fingerprint density at radius 3 is 2.45 bits per heavy atom. The number of hydrogen-bond acceptors (Lipinski definition) is 4. The fraction of sp³-hybridized carbons (Fsp3) is 0.562. The monoisotopic (exact) mass is 280 g/mol. The smallest absolute Gasteiger partial charge is 0.142 e. The first-order chi connectivity index (χ1) is 9.38. The van der Waals surface area contributed by atoms with Crippen LogP contribution in [0.15, 0.2) is 23.8 Å². The van der Waals surface area contributed by atoms with Crippen LogP contribution in [0.25, 0.3) is 0 Å². The molecule has 112 valence electrons. The lowest BCUT2D eigenvalue weighted by molar-refractivity contribution is -0.124. The Bertz CT molecular complexity index is 393. The van der Waals surface area contributed by atoms with Gasteiger partial charge in [-0.1, -0.05) is 19.1 Å².